The van der Waals surface area contributed by atoms with Gasteiger partial charge in [0, 0.05) is 12.8 Å². The van der Waals surface area contributed by atoms with Gasteiger partial charge in [0.1, 0.15) is 19.8 Å². The molecule has 0 aliphatic carbocycles. The van der Waals surface area contributed by atoms with Crippen molar-refractivity contribution in [3.8, 4) is 0 Å². The van der Waals surface area contributed by atoms with E-state index < -0.39 is 32.5 Å². The third-order valence-electron chi connectivity index (χ3n) is 9.63. The van der Waals surface area contributed by atoms with Crippen molar-refractivity contribution >= 4 is 19.8 Å². The number of hydrogen-bond acceptors (Lipinski definition) is 8. The maximum absolute atomic E-state index is 12.7. The number of hydrogen-bond donors (Lipinski definition) is 0. The van der Waals surface area contributed by atoms with Gasteiger partial charge in [0.2, 0.25) is 0 Å². The molecule has 0 aromatic carbocycles. The van der Waals surface area contributed by atoms with Gasteiger partial charge in [-0.25, -0.2) is 0 Å². The van der Waals surface area contributed by atoms with Gasteiger partial charge in [-0.1, -0.05) is 147 Å². The lowest BCUT2D eigenvalue weighted by atomic mass is 10.1. The van der Waals surface area contributed by atoms with Crippen LogP contribution in [0, 0.1) is 0 Å². The minimum Gasteiger partial charge on any atom is -0.756 e. The van der Waals surface area contributed by atoms with Gasteiger partial charge < -0.3 is 27.9 Å². The quantitative estimate of drug-likeness (QED) is 0.0197. The average molecular weight is 812 g/mol. The number of nitrogens with zero attached hydrogens (tertiary/aromatic N) is 1. The first-order valence-corrected chi connectivity index (χ1v) is 24.2. The molecule has 0 aliphatic rings. The second-order valence-corrected chi connectivity index (χ2v) is 17.8. The highest BCUT2D eigenvalue weighted by atomic mass is 31.2. The van der Waals surface area contributed by atoms with E-state index in [-0.39, 0.29) is 26.1 Å². The normalized spacial score (nSPS) is 13.9. The van der Waals surface area contributed by atoms with Crippen molar-refractivity contribution in [1.29, 1.82) is 0 Å². The Morgan fingerprint density at radius 1 is 0.554 bits per heavy atom. The minimum absolute atomic E-state index is 0.0356. The molecule has 0 spiro atoms. The van der Waals surface area contributed by atoms with Gasteiger partial charge in [-0.3, -0.25) is 14.2 Å². The van der Waals surface area contributed by atoms with Gasteiger partial charge in [0.15, 0.2) is 6.10 Å². The molecular weight excluding hydrogens is 725 g/mol. The highest BCUT2D eigenvalue weighted by molar-refractivity contribution is 7.45. The Hall–Kier alpha value is -1.77. The summed E-state index contributed by atoms with van der Waals surface area (Å²) < 4.78 is 33.9. The number of likely N-dealkylation sites (N-methyl/N-ethyl adjacent to an activating group) is 1. The van der Waals surface area contributed by atoms with E-state index in [9.17, 15) is 19.0 Å². The molecule has 0 fully saturated rings. The highest BCUT2D eigenvalue weighted by Gasteiger charge is 2.21. The summed E-state index contributed by atoms with van der Waals surface area (Å²) in [6.07, 6.45) is 43.1. The number of esters is 2. The zero-order valence-electron chi connectivity index (χ0n) is 36.8. The van der Waals surface area contributed by atoms with E-state index in [0.717, 1.165) is 57.8 Å². The molecule has 0 rings (SSSR count). The molecule has 0 saturated carbocycles. The number of carbonyl (C=O) groups excluding carboxylic acids is 2. The Morgan fingerprint density at radius 3 is 1.50 bits per heavy atom. The largest absolute Gasteiger partial charge is 0.756 e. The standard InChI is InChI=1S/C46H86NO8P/c1-6-8-10-12-14-16-18-20-22-23-25-26-28-30-32-34-36-38-45(48)52-42-44(43-54-56(50,51)53-41-40-47(3,4)5)55-46(49)39-37-35-33-31-29-27-24-21-19-17-15-13-11-9-7-2/h14,16,20,22,29,31,44H,6-13,15,17-19,21,23-28,30,32-43H2,1-5H3/b16-14+,22-20+,31-29+/t44-/m1/s1. The van der Waals surface area contributed by atoms with Gasteiger partial charge in [0.05, 0.1) is 27.7 Å². The molecule has 1 unspecified atom stereocenters. The van der Waals surface area contributed by atoms with Crippen molar-refractivity contribution in [1.82, 2.24) is 0 Å². The number of carbonyl (C=O) groups is 2. The molecular formula is C46H86NO8P. The van der Waals surface area contributed by atoms with Crippen LogP contribution in [-0.4, -0.2) is 70.0 Å². The third kappa shape index (κ3) is 41.9. The molecule has 2 atom stereocenters. The van der Waals surface area contributed by atoms with E-state index in [0.29, 0.717) is 17.4 Å². The van der Waals surface area contributed by atoms with Crippen LogP contribution < -0.4 is 4.89 Å². The predicted octanol–water partition coefficient (Wildman–Crippen LogP) is 12.3. The van der Waals surface area contributed by atoms with Gasteiger partial charge in [-0.05, 0) is 70.6 Å². The molecule has 0 aromatic rings. The number of phosphoric acid groups is 1. The second-order valence-electron chi connectivity index (χ2n) is 16.4. The first-order valence-electron chi connectivity index (χ1n) is 22.7. The van der Waals surface area contributed by atoms with E-state index in [1.54, 1.807) is 0 Å². The summed E-state index contributed by atoms with van der Waals surface area (Å²) in [5.74, 6) is -0.867. The smallest absolute Gasteiger partial charge is 0.306 e. The summed E-state index contributed by atoms with van der Waals surface area (Å²) in [6, 6.07) is 0. The molecule has 9 nitrogen and oxygen atoms in total. The van der Waals surface area contributed by atoms with Crippen molar-refractivity contribution in [2.24, 2.45) is 0 Å². The Morgan fingerprint density at radius 2 is 0.964 bits per heavy atom. The number of quaternary nitrogens is 1. The molecule has 0 aromatic heterocycles. The molecule has 0 bridgehead atoms. The van der Waals surface area contributed by atoms with Crippen LogP contribution in [0.15, 0.2) is 36.5 Å². The van der Waals surface area contributed by atoms with Crippen molar-refractivity contribution in [3.63, 3.8) is 0 Å². The lowest BCUT2D eigenvalue weighted by molar-refractivity contribution is -0.870. The Bertz CT molecular complexity index is 1050. The topological polar surface area (TPSA) is 111 Å². The van der Waals surface area contributed by atoms with Crippen molar-refractivity contribution in [2.75, 3.05) is 47.5 Å². The van der Waals surface area contributed by atoms with Gasteiger partial charge in [-0.2, -0.15) is 0 Å². The molecule has 0 amide bonds. The lowest BCUT2D eigenvalue weighted by Gasteiger charge is -2.28. The van der Waals surface area contributed by atoms with E-state index in [1.165, 1.54) is 103 Å². The fraction of sp³-hybridized carbons (Fsp3) is 0.826. The van der Waals surface area contributed by atoms with E-state index in [4.69, 9.17) is 18.5 Å². The SMILES string of the molecule is CCCCC/C=C/C/C=C/CCCCCCCCCC(=O)OC[C@H](COP(=O)([O-])OCC[N+](C)(C)C)OC(=O)CCCC/C=C/CCCCCCCCCCC. The summed E-state index contributed by atoms with van der Waals surface area (Å²) in [6.45, 7) is 4.17. The first kappa shape index (κ1) is 54.2. The predicted molar refractivity (Wildman–Crippen MR) is 231 cm³/mol. The number of allylic oxidation sites excluding steroid dienone is 6. The molecule has 0 radical (unpaired) electrons. The summed E-state index contributed by atoms with van der Waals surface area (Å²) >= 11 is 0. The molecule has 0 aliphatic heterocycles. The number of rotatable bonds is 41. The Labute approximate surface area is 344 Å². The minimum atomic E-state index is -4.63. The van der Waals surface area contributed by atoms with Crippen LogP contribution in [0.1, 0.15) is 194 Å². The van der Waals surface area contributed by atoms with Gasteiger partial charge in [0.25, 0.3) is 7.82 Å². The van der Waals surface area contributed by atoms with Crippen molar-refractivity contribution in [2.45, 2.75) is 200 Å². The van der Waals surface area contributed by atoms with Crippen LogP contribution in [0.5, 0.6) is 0 Å². The average Bonchev–Trinajstić information content (AvgIpc) is 3.15. The molecule has 0 heterocycles. The Balaban J connectivity index is 4.37. The van der Waals surface area contributed by atoms with Crippen molar-refractivity contribution in [3.05, 3.63) is 36.5 Å². The molecule has 328 valence electrons. The summed E-state index contributed by atoms with van der Waals surface area (Å²) in [7, 11) is 1.15. The first-order chi connectivity index (χ1) is 27.0. The van der Waals surface area contributed by atoms with Gasteiger partial charge in [-0.15, -0.1) is 0 Å². The fourth-order valence-electron chi connectivity index (χ4n) is 6.03. The molecule has 0 saturated heterocycles. The molecule has 56 heavy (non-hydrogen) atoms. The van der Waals surface area contributed by atoms with Crippen LogP contribution in [-0.2, 0) is 32.7 Å². The maximum atomic E-state index is 12.7. The van der Waals surface area contributed by atoms with Crippen molar-refractivity contribution < 1.29 is 42.1 Å². The number of unbranched alkanes of at least 4 members (excludes halogenated alkanes) is 21. The highest BCUT2D eigenvalue weighted by Crippen LogP contribution is 2.38. The summed E-state index contributed by atoms with van der Waals surface area (Å²) in [5.41, 5.74) is 0. The van der Waals surface area contributed by atoms with Crippen LogP contribution >= 0.6 is 7.82 Å². The van der Waals surface area contributed by atoms with Crippen LogP contribution in [0.2, 0.25) is 0 Å². The number of ether oxygens (including phenoxy) is 2. The third-order valence-corrected chi connectivity index (χ3v) is 10.6. The summed E-state index contributed by atoms with van der Waals surface area (Å²) in [4.78, 5) is 37.5. The van der Waals surface area contributed by atoms with Crippen LogP contribution in [0.3, 0.4) is 0 Å². The van der Waals surface area contributed by atoms with E-state index >= 15 is 0 Å². The molecule has 0 N–H and O–H groups in total. The number of phosphoric ester groups is 1. The van der Waals surface area contributed by atoms with E-state index in [2.05, 4.69) is 50.3 Å². The fourth-order valence-corrected chi connectivity index (χ4v) is 6.76. The van der Waals surface area contributed by atoms with E-state index in [1.807, 2.05) is 21.1 Å². The maximum Gasteiger partial charge on any atom is 0.306 e. The van der Waals surface area contributed by atoms with Gasteiger partial charge >= 0.3 is 11.9 Å². The zero-order chi connectivity index (χ0) is 41.4. The van der Waals surface area contributed by atoms with Crippen LogP contribution in [0.25, 0.3) is 0 Å². The zero-order valence-corrected chi connectivity index (χ0v) is 37.7. The lowest BCUT2D eigenvalue weighted by Crippen LogP contribution is -2.37. The van der Waals surface area contributed by atoms with Crippen LogP contribution in [0.4, 0.5) is 0 Å². The Kier molecular flexibility index (Phi) is 37.5. The summed E-state index contributed by atoms with van der Waals surface area (Å²) in [5, 5.41) is 0. The molecule has 10 heteroatoms. The second kappa shape index (κ2) is 38.7. The monoisotopic (exact) mass is 812 g/mol.